The van der Waals surface area contributed by atoms with E-state index in [2.05, 4.69) is 26.6 Å². The van der Waals surface area contributed by atoms with Crippen molar-refractivity contribution in [2.45, 2.75) is 12.5 Å². The summed E-state index contributed by atoms with van der Waals surface area (Å²) in [6, 6.07) is 3.19. The van der Waals surface area contributed by atoms with Crippen molar-refractivity contribution in [1.29, 1.82) is 0 Å². The molecule has 2 amide bonds. The zero-order valence-electron chi connectivity index (χ0n) is 9.69. The fraction of sp³-hybridized carbons (Fsp3) is 0.273. The average molecular weight is 335 g/mol. The number of amides is 2. The molecule has 0 radical (unpaired) electrons. The molecule has 6 nitrogen and oxygen atoms in total. The van der Waals surface area contributed by atoms with Gasteiger partial charge in [-0.15, -0.1) is 0 Å². The van der Waals surface area contributed by atoms with Gasteiger partial charge in [-0.05, 0) is 34.1 Å². The minimum absolute atomic E-state index is 0.0216. The normalized spacial score (nSPS) is 11.7. The maximum Gasteiger partial charge on any atom is 0.332 e. The number of hydrogen-bond acceptors (Lipinski definition) is 3. The van der Waals surface area contributed by atoms with E-state index < -0.39 is 23.9 Å². The van der Waals surface area contributed by atoms with Crippen molar-refractivity contribution >= 4 is 33.6 Å². The van der Waals surface area contributed by atoms with Crippen LogP contribution in [0, 0.1) is 5.82 Å². The molecule has 0 unspecified atom stereocenters. The van der Waals surface area contributed by atoms with Crippen LogP contribution in [-0.4, -0.2) is 34.9 Å². The summed E-state index contributed by atoms with van der Waals surface area (Å²) in [5.74, 6) is -1.85. The first-order chi connectivity index (χ1) is 8.90. The average Bonchev–Trinajstić information content (AvgIpc) is 2.33. The molecule has 4 N–H and O–H groups in total. The van der Waals surface area contributed by atoms with Crippen LogP contribution in [0.15, 0.2) is 22.7 Å². The number of rotatable bonds is 5. The molecule has 1 atom stereocenters. The van der Waals surface area contributed by atoms with Gasteiger partial charge in [-0.3, -0.25) is 0 Å². The molecule has 0 spiro atoms. The van der Waals surface area contributed by atoms with E-state index in [0.717, 1.165) is 6.07 Å². The first-order valence-corrected chi connectivity index (χ1v) is 6.10. The Labute approximate surface area is 116 Å². The molecule has 0 aliphatic heterocycles. The second kappa shape index (κ2) is 7.05. The number of aliphatic carboxylic acids is 1. The molecule has 1 aromatic rings. The molecule has 19 heavy (non-hydrogen) atoms. The summed E-state index contributed by atoms with van der Waals surface area (Å²) in [6.45, 7) is -0.0216. The summed E-state index contributed by atoms with van der Waals surface area (Å²) >= 11 is 3.14. The zero-order chi connectivity index (χ0) is 14.4. The second-order valence-corrected chi connectivity index (χ2v) is 4.50. The fourth-order valence-corrected chi connectivity index (χ4v) is 1.55. The lowest BCUT2D eigenvalue weighted by Crippen LogP contribution is -2.33. The predicted octanol–water partition coefficient (Wildman–Crippen LogP) is 1.55. The van der Waals surface area contributed by atoms with E-state index in [9.17, 15) is 14.0 Å². The number of carboxylic acids is 1. The van der Waals surface area contributed by atoms with Gasteiger partial charge in [0.2, 0.25) is 0 Å². The molecule has 0 bridgehead atoms. The minimum atomic E-state index is -1.53. The Morgan fingerprint density at radius 3 is 2.74 bits per heavy atom. The number of aliphatic hydroxyl groups excluding tert-OH is 1. The van der Waals surface area contributed by atoms with Gasteiger partial charge in [0, 0.05) is 17.4 Å². The molecule has 0 aromatic heterocycles. The van der Waals surface area contributed by atoms with Gasteiger partial charge in [-0.25, -0.2) is 14.0 Å². The summed E-state index contributed by atoms with van der Waals surface area (Å²) in [7, 11) is 0. The number of hydrogen-bond donors (Lipinski definition) is 4. The number of benzene rings is 1. The highest BCUT2D eigenvalue weighted by Crippen LogP contribution is 2.22. The van der Waals surface area contributed by atoms with E-state index in [4.69, 9.17) is 10.2 Å². The van der Waals surface area contributed by atoms with Crippen molar-refractivity contribution in [3.8, 4) is 0 Å². The third kappa shape index (κ3) is 5.23. The Hall–Kier alpha value is -1.67. The molecule has 0 aliphatic rings. The molecule has 8 heteroatoms. The van der Waals surface area contributed by atoms with Crippen molar-refractivity contribution < 1.29 is 24.2 Å². The Balaban J connectivity index is 2.43. The molecule has 1 rings (SSSR count). The number of aliphatic hydroxyl groups is 1. The summed E-state index contributed by atoms with van der Waals surface area (Å²) in [5.41, 5.74) is 0.247. The highest BCUT2D eigenvalue weighted by Gasteiger charge is 2.13. The third-order valence-corrected chi connectivity index (χ3v) is 2.86. The lowest BCUT2D eigenvalue weighted by atomic mass is 10.2. The van der Waals surface area contributed by atoms with Gasteiger partial charge in [0.25, 0.3) is 0 Å². The molecular weight excluding hydrogens is 323 g/mol. The highest BCUT2D eigenvalue weighted by molar-refractivity contribution is 9.10. The van der Waals surface area contributed by atoms with Gasteiger partial charge in [0.05, 0.1) is 5.69 Å². The van der Waals surface area contributed by atoms with Crippen molar-refractivity contribution in [1.82, 2.24) is 5.32 Å². The van der Waals surface area contributed by atoms with Crippen LogP contribution in [-0.2, 0) is 4.79 Å². The molecule has 0 heterocycles. The third-order valence-electron chi connectivity index (χ3n) is 2.16. The van der Waals surface area contributed by atoms with Crippen LogP contribution >= 0.6 is 15.9 Å². The van der Waals surface area contributed by atoms with Crippen LogP contribution in [0.1, 0.15) is 6.42 Å². The van der Waals surface area contributed by atoms with E-state index in [1.165, 1.54) is 12.1 Å². The van der Waals surface area contributed by atoms with Crippen LogP contribution in [0.25, 0.3) is 0 Å². The molecule has 0 saturated carbocycles. The number of carbonyl (C=O) groups is 2. The second-order valence-electron chi connectivity index (χ2n) is 3.65. The van der Waals surface area contributed by atoms with Crippen LogP contribution in [0.2, 0.25) is 0 Å². The molecule has 0 aliphatic carbocycles. The maximum atomic E-state index is 13.0. The number of urea groups is 1. The highest BCUT2D eigenvalue weighted by atomic mass is 79.9. The summed E-state index contributed by atoms with van der Waals surface area (Å²) in [5, 5.41) is 22.1. The first-order valence-electron chi connectivity index (χ1n) is 5.31. The Morgan fingerprint density at radius 2 is 2.11 bits per heavy atom. The quantitative estimate of drug-likeness (QED) is 0.656. The number of carboxylic acid groups (broad SMARTS) is 1. The first kappa shape index (κ1) is 15.4. The minimum Gasteiger partial charge on any atom is -0.479 e. The van der Waals surface area contributed by atoms with Crippen LogP contribution in [0.3, 0.4) is 0 Å². The lowest BCUT2D eigenvalue weighted by molar-refractivity contribution is -0.146. The van der Waals surface area contributed by atoms with Crippen molar-refractivity contribution in [2.24, 2.45) is 0 Å². The van der Waals surface area contributed by atoms with E-state index in [1.807, 2.05) is 0 Å². The van der Waals surface area contributed by atoms with Crippen molar-refractivity contribution in [2.75, 3.05) is 11.9 Å². The van der Waals surface area contributed by atoms with Crippen LogP contribution in [0.4, 0.5) is 14.9 Å². The van der Waals surface area contributed by atoms with Gasteiger partial charge in [0.1, 0.15) is 5.82 Å². The summed E-state index contributed by atoms with van der Waals surface area (Å²) < 4.78 is 13.5. The van der Waals surface area contributed by atoms with Gasteiger partial charge in [-0.1, -0.05) is 0 Å². The maximum absolute atomic E-state index is 13.0. The van der Waals surface area contributed by atoms with Gasteiger partial charge in [0.15, 0.2) is 6.10 Å². The molecule has 1 aromatic carbocycles. The Kier molecular flexibility index (Phi) is 5.71. The van der Waals surface area contributed by atoms with E-state index in [0.29, 0.717) is 4.47 Å². The van der Waals surface area contributed by atoms with E-state index >= 15 is 0 Å². The topological polar surface area (TPSA) is 98.7 Å². The number of carbonyl (C=O) groups excluding carboxylic acids is 1. The largest absolute Gasteiger partial charge is 0.479 e. The van der Waals surface area contributed by atoms with Crippen LogP contribution < -0.4 is 10.6 Å². The number of nitrogens with one attached hydrogen (secondary N) is 2. The van der Waals surface area contributed by atoms with Gasteiger partial charge < -0.3 is 20.8 Å². The zero-order valence-corrected chi connectivity index (χ0v) is 11.3. The molecular formula is C11H12BrFN2O4. The summed E-state index contributed by atoms with van der Waals surface area (Å²) in [6.07, 6.45) is -1.64. The van der Waals surface area contributed by atoms with Gasteiger partial charge in [-0.2, -0.15) is 0 Å². The lowest BCUT2D eigenvalue weighted by Gasteiger charge is -2.10. The fourth-order valence-electron chi connectivity index (χ4n) is 1.21. The van der Waals surface area contributed by atoms with E-state index in [-0.39, 0.29) is 18.7 Å². The monoisotopic (exact) mass is 334 g/mol. The number of anilines is 1. The SMILES string of the molecule is O=C(NCC[C@H](O)C(=O)O)Nc1cc(F)ccc1Br. The smallest absolute Gasteiger partial charge is 0.332 e. The standard InChI is InChI=1S/C11H12BrFN2O4/c12-7-2-1-6(13)5-8(7)15-11(19)14-4-3-9(16)10(17)18/h1-2,5,9,16H,3-4H2,(H,17,18)(H2,14,15,19)/t9-/m0/s1. The Bertz CT molecular complexity index is 484. The predicted molar refractivity (Wildman–Crippen MR) is 69.4 cm³/mol. The summed E-state index contributed by atoms with van der Waals surface area (Å²) in [4.78, 5) is 21.8. The molecule has 0 saturated heterocycles. The van der Waals surface area contributed by atoms with Crippen LogP contribution in [0.5, 0.6) is 0 Å². The Morgan fingerprint density at radius 1 is 1.42 bits per heavy atom. The molecule has 0 fully saturated rings. The van der Waals surface area contributed by atoms with Gasteiger partial charge >= 0.3 is 12.0 Å². The molecule has 104 valence electrons. The number of halogens is 2. The van der Waals surface area contributed by atoms with E-state index in [1.54, 1.807) is 0 Å². The van der Waals surface area contributed by atoms with Crippen molar-refractivity contribution in [3.05, 3.63) is 28.5 Å². The van der Waals surface area contributed by atoms with Crippen molar-refractivity contribution in [3.63, 3.8) is 0 Å².